The summed E-state index contributed by atoms with van der Waals surface area (Å²) in [4.78, 5) is 24.2. The van der Waals surface area contributed by atoms with E-state index in [0.717, 1.165) is 12.8 Å². The van der Waals surface area contributed by atoms with E-state index in [9.17, 15) is 35.1 Å². The van der Waals surface area contributed by atoms with Crippen LogP contribution in [0.25, 0.3) is 0 Å². The number of allylic oxidation sites excluding steroid dienone is 6. The summed E-state index contributed by atoms with van der Waals surface area (Å²) in [6.07, 6.45) is 12.3. The van der Waals surface area contributed by atoms with Gasteiger partial charge in [0.1, 0.15) is 30.2 Å². The summed E-state index contributed by atoms with van der Waals surface area (Å²) in [5.74, 6) is -0.467. The highest BCUT2D eigenvalue weighted by molar-refractivity contribution is 5.82. The molecule has 10 heteroatoms. The third-order valence-corrected chi connectivity index (χ3v) is 6.50. The SMILES string of the molecule is C[C@@H]1CCCC=CCCC(=O)C[C@@H](O)CC=CC=C[C@@H](O[C@@H]2O[C@H](CO)[C@@H](O)[C@H](O)[C@H]2O)CC=CC=CC(=O)O1. The zero-order valence-electron chi connectivity index (χ0n) is 23.0. The molecule has 2 rings (SSSR count). The monoisotopic (exact) mass is 564 g/mol. The van der Waals surface area contributed by atoms with Crippen LogP contribution in [-0.2, 0) is 23.8 Å². The zero-order valence-corrected chi connectivity index (χ0v) is 23.0. The van der Waals surface area contributed by atoms with Crippen molar-refractivity contribution in [1.82, 2.24) is 0 Å². The van der Waals surface area contributed by atoms with Crippen LogP contribution in [0, 0.1) is 0 Å². The van der Waals surface area contributed by atoms with Gasteiger partial charge < -0.3 is 39.7 Å². The van der Waals surface area contributed by atoms with Crippen LogP contribution >= 0.6 is 0 Å². The highest BCUT2D eigenvalue weighted by atomic mass is 16.7. The Morgan fingerprint density at radius 2 is 1.62 bits per heavy atom. The fourth-order valence-electron chi connectivity index (χ4n) is 4.21. The molecule has 2 aliphatic heterocycles. The molecule has 10 nitrogen and oxygen atoms in total. The van der Waals surface area contributed by atoms with Crippen molar-refractivity contribution in [3.8, 4) is 0 Å². The average molecular weight is 565 g/mol. The minimum atomic E-state index is -1.57. The lowest BCUT2D eigenvalue weighted by molar-refractivity contribution is -0.307. The molecule has 224 valence electrons. The van der Waals surface area contributed by atoms with E-state index in [1.807, 2.05) is 19.1 Å². The van der Waals surface area contributed by atoms with Crippen LogP contribution in [-0.4, -0.2) is 92.9 Å². The second-order valence-corrected chi connectivity index (χ2v) is 10.0. The number of aliphatic hydroxyl groups is 5. The van der Waals surface area contributed by atoms with Crippen LogP contribution < -0.4 is 0 Å². The molecule has 0 aromatic rings. The number of ether oxygens (including phenoxy) is 3. The molecule has 2 heterocycles. The van der Waals surface area contributed by atoms with Crippen molar-refractivity contribution in [1.29, 1.82) is 0 Å². The molecular formula is C30H44O10. The largest absolute Gasteiger partial charge is 0.460 e. The Morgan fingerprint density at radius 3 is 2.40 bits per heavy atom. The maximum Gasteiger partial charge on any atom is 0.331 e. The van der Waals surface area contributed by atoms with Gasteiger partial charge in [0.05, 0.1) is 24.9 Å². The standard InChI is InChI=1S/C30H44O10/c1-21-13-7-3-2-4-8-14-22(32)19-23(33)15-9-5-10-16-24(17-11-6-12-18-26(34)38-21)39-30-29(37)28(36)27(35)25(20-31)40-30/h2,4-6,9-12,16,18,21,23-25,27-31,33,35-37H,3,7-8,13-15,17,19-20H2,1H3/t21-,23+,24-,25-,27-,28+,29-,30-/m1/s1. The molecule has 1 saturated heterocycles. The number of carbonyl (C=O) groups excluding carboxylic acids is 2. The van der Waals surface area contributed by atoms with Gasteiger partial charge in [-0.1, -0.05) is 54.7 Å². The van der Waals surface area contributed by atoms with E-state index in [1.165, 1.54) is 6.08 Å². The highest BCUT2D eigenvalue weighted by Gasteiger charge is 2.44. The molecule has 0 saturated carbocycles. The molecule has 5 N–H and O–H groups in total. The molecule has 0 aromatic carbocycles. The van der Waals surface area contributed by atoms with E-state index >= 15 is 0 Å². The molecular weight excluding hydrogens is 520 g/mol. The molecule has 0 amide bonds. The van der Waals surface area contributed by atoms with E-state index in [2.05, 4.69) is 0 Å². The lowest BCUT2D eigenvalue weighted by Crippen LogP contribution is -2.59. The molecule has 0 aliphatic carbocycles. The van der Waals surface area contributed by atoms with Gasteiger partial charge in [-0.2, -0.15) is 0 Å². The van der Waals surface area contributed by atoms with Crippen LogP contribution in [0.15, 0.2) is 60.8 Å². The van der Waals surface area contributed by atoms with E-state index in [0.29, 0.717) is 32.1 Å². The lowest BCUT2D eigenvalue weighted by atomic mass is 9.99. The van der Waals surface area contributed by atoms with Gasteiger partial charge in [0.2, 0.25) is 0 Å². The fraction of sp³-hybridized carbons (Fsp3) is 0.600. The molecule has 8 atom stereocenters. The number of carbonyl (C=O) groups is 2. The number of esters is 1. The number of aliphatic hydroxyl groups excluding tert-OH is 5. The summed E-state index contributed by atoms with van der Waals surface area (Å²) < 4.78 is 16.7. The van der Waals surface area contributed by atoms with Crippen molar-refractivity contribution in [3.05, 3.63) is 60.8 Å². The fourth-order valence-corrected chi connectivity index (χ4v) is 4.21. The van der Waals surface area contributed by atoms with E-state index in [4.69, 9.17) is 14.2 Å². The maximum atomic E-state index is 12.1. The van der Waals surface area contributed by atoms with Gasteiger partial charge in [-0.05, 0) is 45.4 Å². The first-order valence-corrected chi connectivity index (χ1v) is 13.9. The Bertz CT molecular complexity index is 906. The van der Waals surface area contributed by atoms with Gasteiger partial charge in [0.15, 0.2) is 6.29 Å². The predicted molar refractivity (Wildman–Crippen MR) is 148 cm³/mol. The third-order valence-electron chi connectivity index (χ3n) is 6.50. The van der Waals surface area contributed by atoms with Crippen molar-refractivity contribution in [3.63, 3.8) is 0 Å². The van der Waals surface area contributed by atoms with Crippen LogP contribution in [0.2, 0.25) is 0 Å². The van der Waals surface area contributed by atoms with E-state index < -0.39 is 55.5 Å². The quantitative estimate of drug-likeness (QED) is 0.253. The van der Waals surface area contributed by atoms with Gasteiger partial charge in [-0.3, -0.25) is 4.79 Å². The minimum Gasteiger partial charge on any atom is -0.460 e. The molecule has 0 radical (unpaired) electrons. The molecule has 0 aromatic heterocycles. The van der Waals surface area contributed by atoms with Crippen molar-refractivity contribution < 1.29 is 49.3 Å². The molecule has 1 fully saturated rings. The number of hydrogen-bond acceptors (Lipinski definition) is 10. The van der Waals surface area contributed by atoms with Crippen molar-refractivity contribution in [2.75, 3.05) is 6.61 Å². The van der Waals surface area contributed by atoms with Gasteiger partial charge >= 0.3 is 5.97 Å². The summed E-state index contributed by atoms with van der Waals surface area (Å²) in [6.45, 7) is 1.26. The second-order valence-electron chi connectivity index (χ2n) is 10.0. The number of rotatable bonds is 3. The molecule has 0 spiro atoms. The zero-order chi connectivity index (χ0) is 29.3. The normalized spacial score (nSPS) is 34.4. The van der Waals surface area contributed by atoms with E-state index in [1.54, 1.807) is 42.5 Å². The molecule has 0 bridgehead atoms. The van der Waals surface area contributed by atoms with Crippen LogP contribution in [0.4, 0.5) is 0 Å². The van der Waals surface area contributed by atoms with Crippen LogP contribution in [0.5, 0.6) is 0 Å². The Labute approximate surface area is 235 Å². The maximum absolute atomic E-state index is 12.1. The third kappa shape index (κ3) is 12.8. The molecule has 2 aliphatic rings. The Balaban J connectivity index is 2.11. The lowest BCUT2D eigenvalue weighted by Gasteiger charge is -2.40. The van der Waals surface area contributed by atoms with Gasteiger partial charge in [-0.25, -0.2) is 4.79 Å². The first-order valence-electron chi connectivity index (χ1n) is 13.9. The van der Waals surface area contributed by atoms with Crippen LogP contribution in [0.3, 0.4) is 0 Å². The predicted octanol–water partition coefficient (Wildman–Crippen LogP) is 1.95. The summed E-state index contributed by atoms with van der Waals surface area (Å²) in [6, 6.07) is 0. The van der Waals surface area contributed by atoms with Crippen LogP contribution in [0.1, 0.15) is 58.3 Å². The van der Waals surface area contributed by atoms with Crippen molar-refractivity contribution in [2.45, 2.75) is 107 Å². The summed E-state index contributed by atoms with van der Waals surface area (Å²) >= 11 is 0. The first-order chi connectivity index (χ1) is 19.2. The van der Waals surface area contributed by atoms with Crippen molar-refractivity contribution >= 4 is 11.8 Å². The Morgan fingerprint density at radius 1 is 0.900 bits per heavy atom. The Hall–Kier alpha value is -2.44. The van der Waals surface area contributed by atoms with Gasteiger partial charge in [-0.15, -0.1) is 0 Å². The molecule has 40 heavy (non-hydrogen) atoms. The average Bonchev–Trinajstić information content (AvgIpc) is 2.91. The Kier molecular flexibility index (Phi) is 15.9. The number of Topliss-reactive ketones (excluding diaryl/α,β-unsaturated/α-hetero) is 1. The topological polar surface area (TPSA) is 163 Å². The summed E-state index contributed by atoms with van der Waals surface area (Å²) in [5, 5.41) is 50.0. The van der Waals surface area contributed by atoms with Crippen molar-refractivity contribution in [2.24, 2.45) is 0 Å². The first kappa shape index (κ1) is 33.8. The van der Waals surface area contributed by atoms with E-state index in [-0.39, 0.29) is 18.3 Å². The number of cyclic esters (lactones) is 1. The van der Waals surface area contributed by atoms with Gasteiger partial charge in [0.25, 0.3) is 0 Å². The minimum absolute atomic E-state index is 0.0103. The number of ketones is 1. The smallest absolute Gasteiger partial charge is 0.331 e. The van der Waals surface area contributed by atoms with Gasteiger partial charge in [0, 0.05) is 18.9 Å². The summed E-state index contributed by atoms with van der Waals surface area (Å²) in [7, 11) is 0. The number of hydrogen-bond donors (Lipinski definition) is 5. The molecule has 0 unspecified atom stereocenters. The highest BCUT2D eigenvalue weighted by Crippen LogP contribution is 2.24. The second kappa shape index (κ2) is 18.8. The summed E-state index contributed by atoms with van der Waals surface area (Å²) in [5.41, 5.74) is 0.